The molecule has 0 aromatic carbocycles. The Morgan fingerprint density at radius 2 is 2.41 bits per heavy atom. The van der Waals surface area contributed by atoms with Crippen LogP contribution in [0.25, 0.3) is 0 Å². The fourth-order valence-corrected chi connectivity index (χ4v) is 1.23. The predicted molar refractivity (Wildman–Crippen MR) is 59.0 cm³/mol. The largest absolute Gasteiger partial charge is 0.344 e. The van der Waals surface area contributed by atoms with Crippen LogP contribution in [0.1, 0.15) is 29.1 Å². The van der Waals surface area contributed by atoms with Crippen molar-refractivity contribution in [1.29, 1.82) is 0 Å². The van der Waals surface area contributed by atoms with Gasteiger partial charge in [-0.15, -0.1) is 5.10 Å². The van der Waals surface area contributed by atoms with Gasteiger partial charge in [0, 0.05) is 12.6 Å². The van der Waals surface area contributed by atoms with Gasteiger partial charge in [0.2, 0.25) is 5.82 Å². The Hall–Kier alpha value is -2.31. The van der Waals surface area contributed by atoms with E-state index in [0.29, 0.717) is 18.8 Å². The third-order valence-corrected chi connectivity index (χ3v) is 2.14. The van der Waals surface area contributed by atoms with Crippen LogP contribution in [0, 0.1) is 0 Å². The van der Waals surface area contributed by atoms with Gasteiger partial charge in [-0.25, -0.2) is 15.0 Å². The van der Waals surface area contributed by atoms with Crippen LogP contribution in [0.5, 0.6) is 0 Å². The molecule has 0 aliphatic rings. The monoisotopic (exact) mass is 232 g/mol. The van der Waals surface area contributed by atoms with E-state index in [0.717, 1.165) is 5.69 Å². The number of nitrogens with one attached hydrogen (secondary N) is 2. The molecule has 2 N–H and O–H groups in total. The number of hydrogen-bond acceptors (Lipinski definition) is 5. The van der Waals surface area contributed by atoms with Crippen molar-refractivity contribution in [2.45, 2.75) is 19.9 Å². The number of hydrogen-bond donors (Lipinski definition) is 2. The highest BCUT2D eigenvalue weighted by Gasteiger charge is 2.11. The Balaban J connectivity index is 1.93. The van der Waals surface area contributed by atoms with Crippen LogP contribution in [-0.4, -0.2) is 31.1 Å². The molecule has 0 fully saturated rings. The highest BCUT2D eigenvalue weighted by molar-refractivity contribution is 5.90. The van der Waals surface area contributed by atoms with Gasteiger partial charge < -0.3 is 5.32 Å². The highest BCUT2D eigenvalue weighted by Crippen LogP contribution is 1.95. The quantitative estimate of drug-likeness (QED) is 0.778. The van der Waals surface area contributed by atoms with Gasteiger partial charge in [0.15, 0.2) is 0 Å². The van der Waals surface area contributed by atoms with Crippen molar-refractivity contribution in [3.8, 4) is 0 Å². The number of rotatable bonds is 4. The lowest BCUT2D eigenvalue weighted by Gasteiger charge is -2.00. The van der Waals surface area contributed by atoms with Crippen LogP contribution in [0.4, 0.5) is 0 Å². The molecule has 0 spiro atoms. The van der Waals surface area contributed by atoms with Gasteiger partial charge in [-0.3, -0.25) is 9.89 Å². The Morgan fingerprint density at radius 1 is 1.53 bits per heavy atom. The summed E-state index contributed by atoms with van der Waals surface area (Å²) >= 11 is 0. The van der Waals surface area contributed by atoms with Gasteiger partial charge in [0.25, 0.3) is 5.91 Å². The van der Waals surface area contributed by atoms with E-state index >= 15 is 0 Å². The molecule has 0 aliphatic carbocycles. The summed E-state index contributed by atoms with van der Waals surface area (Å²) in [5, 5.41) is 9.18. The van der Waals surface area contributed by atoms with E-state index in [9.17, 15) is 4.79 Å². The maximum Gasteiger partial charge on any atom is 0.291 e. The summed E-state index contributed by atoms with van der Waals surface area (Å²) in [6.07, 6.45) is 3.77. The minimum Gasteiger partial charge on any atom is -0.344 e. The van der Waals surface area contributed by atoms with Crippen molar-refractivity contribution in [1.82, 2.24) is 30.5 Å². The molecule has 17 heavy (non-hydrogen) atoms. The summed E-state index contributed by atoms with van der Waals surface area (Å²) in [5.41, 5.74) is 0.736. The number of H-pyrrole nitrogens is 1. The molecule has 0 atom stereocenters. The van der Waals surface area contributed by atoms with E-state index in [1.807, 2.05) is 6.92 Å². The van der Waals surface area contributed by atoms with E-state index in [1.165, 1.54) is 6.33 Å². The normalized spacial score (nSPS) is 10.2. The minimum absolute atomic E-state index is 0.149. The number of aromatic amines is 1. The number of nitrogens with zero attached hydrogens (tertiary/aromatic N) is 4. The second kappa shape index (κ2) is 5.15. The van der Waals surface area contributed by atoms with Gasteiger partial charge in [0.1, 0.15) is 12.2 Å². The zero-order valence-corrected chi connectivity index (χ0v) is 9.34. The third kappa shape index (κ3) is 2.83. The van der Waals surface area contributed by atoms with Crippen molar-refractivity contribution < 1.29 is 4.79 Å². The molecule has 2 rings (SSSR count). The van der Waals surface area contributed by atoms with Gasteiger partial charge in [0.05, 0.1) is 12.2 Å². The molecule has 0 bridgehead atoms. The first-order chi connectivity index (χ1) is 8.29. The van der Waals surface area contributed by atoms with Crippen molar-refractivity contribution >= 4 is 5.91 Å². The molecule has 1 amide bonds. The number of amides is 1. The van der Waals surface area contributed by atoms with E-state index in [2.05, 4.69) is 30.5 Å². The van der Waals surface area contributed by atoms with Crippen molar-refractivity contribution in [2.24, 2.45) is 0 Å². The summed E-state index contributed by atoms with van der Waals surface area (Å²) < 4.78 is 0. The SMILES string of the molecule is CCc1nc(C(=O)NCc2ccncn2)n[nH]1. The minimum atomic E-state index is -0.320. The molecular formula is C10H12N6O. The fraction of sp³-hybridized carbons (Fsp3) is 0.300. The van der Waals surface area contributed by atoms with Crippen LogP contribution in [0.3, 0.4) is 0 Å². The first kappa shape index (κ1) is 11.2. The Kier molecular flexibility index (Phi) is 3.39. The summed E-state index contributed by atoms with van der Waals surface area (Å²) in [5.74, 6) is 0.521. The predicted octanol–water partition coefficient (Wildman–Crippen LogP) is 0.0871. The molecule has 7 heteroatoms. The second-order valence-corrected chi connectivity index (χ2v) is 3.34. The number of aromatic nitrogens is 5. The van der Waals surface area contributed by atoms with E-state index in [-0.39, 0.29) is 11.7 Å². The molecule has 2 aromatic heterocycles. The van der Waals surface area contributed by atoms with E-state index in [1.54, 1.807) is 12.3 Å². The lowest BCUT2D eigenvalue weighted by molar-refractivity contribution is 0.0940. The smallest absolute Gasteiger partial charge is 0.291 e. The molecule has 0 unspecified atom stereocenters. The number of aryl methyl sites for hydroxylation is 1. The van der Waals surface area contributed by atoms with Crippen molar-refractivity contribution in [2.75, 3.05) is 0 Å². The maximum atomic E-state index is 11.6. The lowest BCUT2D eigenvalue weighted by atomic mass is 10.4. The molecule has 0 saturated carbocycles. The van der Waals surface area contributed by atoms with Crippen LogP contribution in [0.15, 0.2) is 18.6 Å². The molecule has 88 valence electrons. The highest BCUT2D eigenvalue weighted by atomic mass is 16.2. The lowest BCUT2D eigenvalue weighted by Crippen LogP contribution is -2.24. The van der Waals surface area contributed by atoms with Crippen LogP contribution >= 0.6 is 0 Å². The standard InChI is InChI=1S/C10H12N6O/c1-2-8-14-9(16-15-8)10(17)12-5-7-3-4-11-6-13-7/h3-4,6H,2,5H2,1H3,(H,12,17)(H,14,15,16). The molecule has 2 heterocycles. The summed E-state index contributed by atoms with van der Waals surface area (Å²) in [4.78, 5) is 23.5. The van der Waals surface area contributed by atoms with Gasteiger partial charge >= 0.3 is 0 Å². The van der Waals surface area contributed by atoms with Crippen molar-refractivity contribution in [3.05, 3.63) is 35.9 Å². The molecule has 7 nitrogen and oxygen atoms in total. The van der Waals surface area contributed by atoms with Gasteiger partial charge in [-0.2, -0.15) is 0 Å². The topological polar surface area (TPSA) is 96.5 Å². The summed E-state index contributed by atoms with van der Waals surface area (Å²) in [6, 6.07) is 1.73. The molecular weight excluding hydrogens is 220 g/mol. The first-order valence-corrected chi connectivity index (χ1v) is 5.24. The molecule has 0 saturated heterocycles. The van der Waals surface area contributed by atoms with E-state index in [4.69, 9.17) is 0 Å². The molecule has 0 radical (unpaired) electrons. The van der Waals surface area contributed by atoms with Crippen LogP contribution < -0.4 is 5.32 Å². The van der Waals surface area contributed by atoms with Crippen LogP contribution in [-0.2, 0) is 13.0 Å². The maximum absolute atomic E-state index is 11.6. The average molecular weight is 232 g/mol. The molecule has 2 aromatic rings. The van der Waals surface area contributed by atoms with E-state index < -0.39 is 0 Å². The fourth-order valence-electron chi connectivity index (χ4n) is 1.23. The zero-order valence-electron chi connectivity index (χ0n) is 9.34. The summed E-state index contributed by atoms with van der Waals surface area (Å²) in [7, 11) is 0. The Morgan fingerprint density at radius 3 is 3.06 bits per heavy atom. The average Bonchev–Trinajstić information content (AvgIpc) is 2.86. The van der Waals surface area contributed by atoms with Gasteiger partial charge in [-0.1, -0.05) is 6.92 Å². The number of carbonyl (C=O) groups excluding carboxylic acids is 1. The zero-order chi connectivity index (χ0) is 12.1. The summed E-state index contributed by atoms with van der Waals surface area (Å²) in [6.45, 7) is 2.26. The third-order valence-electron chi connectivity index (χ3n) is 2.14. The van der Waals surface area contributed by atoms with Gasteiger partial charge in [-0.05, 0) is 6.07 Å². The number of carbonyl (C=O) groups is 1. The van der Waals surface area contributed by atoms with Crippen molar-refractivity contribution in [3.63, 3.8) is 0 Å². The van der Waals surface area contributed by atoms with Crippen LogP contribution in [0.2, 0.25) is 0 Å². The second-order valence-electron chi connectivity index (χ2n) is 3.34. The molecule has 0 aliphatic heterocycles. The Bertz CT molecular complexity index is 495. The first-order valence-electron chi connectivity index (χ1n) is 5.24. The Labute approximate surface area is 97.7 Å².